The number of nitrogens with zero attached hydrogens (tertiary/aromatic N) is 4. The predicted molar refractivity (Wildman–Crippen MR) is 107 cm³/mol. The largest absolute Gasteiger partial charge is 0.478 e. The van der Waals surface area contributed by atoms with Crippen molar-refractivity contribution in [2.45, 2.75) is 4.90 Å². The van der Waals surface area contributed by atoms with Crippen molar-refractivity contribution in [2.24, 2.45) is 0 Å². The van der Waals surface area contributed by atoms with E-state index >= 15 is 0 Å². The maximum Gasteiger partial charge on any atom is 0.338 e. The highest BCUT2D eigenvalue weighted by atomic mass is 32.2. The van der Waals surface area contributed by atoms with Gasteiger partial charge in [-0.15, -0.1) is 0 Å². The van der Waals surface area contributed by atoms with Crippen molar-refractivity contribution in [3.63, 3.8) is 0 Å². The van der Waals surface area contributed by atoms with Gasteiger partial charge in [0, 0.05) is 36.4 Å². The van der Waals surface area contributed by atoms with Gasteiger partial charge in [-0.3, -0.25) is 9.66 Å². The minimum atomic E-state index is -3.14. The number of fused-ring (bicyclic) bond motifs is 1. The summed E-state index contributed by atoms with van der Waals surface area (Å²) < 4.78 is 24.0. The van der Waals surface area contributed by atoms with E-state index in [-0.39, 0.29) is 5.56 Å². The van der Waals surface area contributed by atoms with Crippen molar-refractivity contribution < 1.29 is 18.3 Å². The highest BCUT2D eigenvalue weighted by Gasteiger charge is 2.08. The van der Waals surface area contributed by atoms with E-state index in [2.05, 4.69) is 15.0 Å². The highest BCUT2D eigenvalue weighted by molar-refractivity contribution is 7.90. The first-order valence-electron chi connectivity index (χ1n) is 8.28. The molecule has 0 saturated heterocycles. The number of rotatable bonds is 3. The van der Waals surface area contributed by atoms with E-state index in [0.717, 1.165) is 10.9 Å². The molecule has 0 amide bonds. The minimum absolute atomic E-state index is 0.0645. The number of hydrogen-bond donors (Lipinski definition) is 2. The van der Waals surface area contributed by atoms with Gasteiger partial charge in [-0.25, -0.2) is 23.2 Å². The van der Waals surface area contributed by atoms with E-state index < -0.39 is 15.8 Å². The number of sulfone groups is 1. The monoisotopic (exact) mass is 411 g/mol. The molecule has 4 aromatic rings. The second-order valence-corrected chi connectivity index (χ2v) is 8.05. The summed E-state index contributed by atoms with van der Waals surface area (Å²) in [6.45, 7) is 0. The minimum Gasteiger partial charge on any atom is -0.478 e. The SMILES string of the molecule is CS(=O)(=O)c1ccc2c(ccn2N)c1.O=C(O)c1cnc(-c2ccccn2)nc1. The molecule has 0 spiro atoms. The standard InChI is InChI=1S/C10H7N3O2.C9H10N2O2S/c14-10(15)7-5-12-9(13-6-7)8-3-1-2-4-11-8;1-14(12,13)8-2-3-9-7(6-8)4-5-11(9)10/h1-6H,(H,14,15);2-6H,10H2,1H3. The number of carboxylic acids is 1. The normalized spacial score (nSPS) is 10.9. The number of benzene rings is 1. The third-order valence-corrected chi connectivity index (χ3v) is 5.02. The fraction of sp³-hybridized carbons (Fsp3) is 0.0526. The number of aromatic carboxylic acids is 1. The van der Waals surface area contributed by atoms with Gasteiger partial charge >= 0.3 is 5.97 Å². The van der Waals surface area contributed by atoms with E-state index in [9.17, 15) is 13.2 Å². The van der Waals surface area contributed by atoms with E-state index in [1.165, 1.54) is 23.3 Å². The molecule has 148 valence electrons. The van der Waals surface area contributed by atoms with Gasteiger partial charge in [-0.2, -0.15) is 0 Å². The van der Waals surface area contributed by atoms with Gasteiger partial charge in [0.1, 0.15) is 5.69 Å². The Hall–Kier alpha value is -3.79. The van der Waals surface area contributed by atoms with E-state index in [0.29, 0.717) is 16.4 Å². The molecule has 0 fully saturated rings. The van der Waals surface area contributed by atoms with Crippen LogP contribution in [0.3, 0.4) is 0 Å². The molecule has 3 heterocycles. The third-order valence-electron chi connectivity index (χ3n) is 3.91. The Balaban J connectivity index is 0.000000166. The Labute approximate surface area is 166 Å². The number of pyridine rings is 1. The summed E-state index contributed by atoms with van der Waals surface area (Å²) in [4.78, 5) is 22.8. The molecule has 3 aromatic heterocycles. The number of hydrogen-bond acceptors (Lipinski definition) is 7. The number of carbonyl (C=O) groups is 1. The fourth-order valence-corrected chi connectivity index (χ4v) is 3.09. The lowest BCUT2D eigenvalue weighted by Crippen LogP contribution is -2.05. The molecule has 0 atom stereocenters. The molecule has 29 heavy (non-hydrogen) atoms. The van der Waals surface area contributed by atoms with Crippen LogP contribution in [0.1, 0.15) is 10.4 Å². The molecule has 0 saturated carbocycles. The Morgan fingerprint density at radius 3 is 2.38 bits per heavy atom. The van der Waals surface area contributed by atoms with Gasteiger partial charge in [-0.1, -0.05) is 6.07 Å². The van der Waals surface area contributed by atoms with Crippen molar-refractivity contribution >= 4 is 26.7 Å². The second-order valence-electron chi connectivity index (χ2n) is 6.03. The quantitative estimate of drug-likeness (QED) is 0.488. The summed E-state index contributed by atoms with van der Waals surface area (Å²) >= 11 is 0. The number of nitrogens with two attached hydrogens (primary N) is 1. The van der Waals surface area contributed by atoms with Crippen LogP contribution in [0, 0.1) is 0 Å². The van der Waals surface area contributed by atoms with Crippen molar-refractivity contribution in [2.75, 3.05) is 12.1 Å². The molecule has 0 aliphatic carbocycles. The molecule has 0 aliphatic rings. The van der Waals surface area contributed by atoms with E-state index in [1.54, 1.807) is 48.8 Å². The molecular weight excluding hydrogens is 394 g/mol. The van der Waals surface area contributed by atoms with Gasteiger partial charge in [0.2, 0.25) is 0 Å². The summed E-state index contributed by atoms with van der Waals surface area (Å²) in [6, 6.07) is 12.0. The molecule has 0 bridgehead atoms. The van der Waals surface area contributed by atoms with Gasteiger partial charge in [-0.05, 0) is 36.4 Å². The molecule has 0 unspecified atom stereocenters. The highest BCUT2D eigenvalue weighted by Crippen LogP contribution is 2.18. The van der Waals surface area contributed by atoms with Crippen molar-refractivity contribution in [3.05, 3.63) is 72.8 Å². The van der Waals surface area contributed by atoms with Crippen LogP contribution in [-0.2, 0) is 9.84 Å². The lowest BCUT2D eigenvalue weighted by molar-refractivity contribution is 0.0696. The topological polar surface area (TPSA) is 141 Å². The average molecular weight is 411 g/mol. The Morgan fingerprint density at radius 1 is 1.07 bits per heavy atom. The van der Waals surface area contributed by atoms with Crippen LogP contribution in [0.15, 0.2) is 72.1 Å². The number of aromatic nitrogens is 4. The zero-order valence-corrected chi connectivity index (χ0v) is 16.1. The Morgan fingerprint density at radius 2 is 1.79 bits per heavy atom. The van der Waals surface area contributed by atoms with Crippen LogP contribution >= 0.6 is 0 Å². The van der Waals surface area contributed by atoms with Gasteiger partial charge < -0.3 is 10.9 Å². The van der Waals surface area contributed by atoms with Crippen molar-refractivity contribution in [1.82, 2.24) is 19.6 Å². The zero-order valence-electron chi connectivity index (χ0n) is 15.3. The smallest absolute Gasteiger partial charge is 0.338 e. The summed E-state index contributed by atoms with van der Waals surface area (Å²) in [7, 11) is -3.14. The lowest BCUT2D eigenvalue weighted by Gasteiger charge is -1.99. The van der Waals surface area contributed by atoms with Gasteiger partial charge in [0.15, 0.2) is 15.7 Å². The van der Waals surface area contributed by atoms with Gasteiger partial charge in [0.05, 0.1) is 16.0 Å². The summed E-state index contributed by atoms with van der Waals surface area (Å²) in [5, 5.41) is 9.48. The van der Waals surface area contributed by atoms with Gasteiger partial charge in [0.25, 0.3) is 0 Å². The van der Waals surface area contributed by atoms with Crippen LogP contribution in [0.2, 0.25) is 0 Å². The van der Waals surface area contributed by atoms with Crippen LogP contribution in [0.5, 0.6) is 0 Å². The van der Waals surface area contributed by atoms with Crippen LogP contribution < -0.4 is 5.84 Å². The second kappa shape index (κ2) is 8.07. The molecule has 0 radical (unpaired) electrons. The number of nitrogen functional groups attached to an aromatic ring is 1. The first-order chi connectivity index (χ1) is 13.8. The van der Waals surface area contributed by atoms with Crippen LogP contribution in [0.4, 0.5) is 0 Å². The fourth-order valence-electron chi connectivity index (χ4n) is 2.44. The molecule has 1 aromatic carbocycles. The molecule has 3 N–H and O–H groups in total. The summed E-state index contributed by atoms with van der Waals surface area (Å²) in [6.07, 6.45) is 7.03. The van der Waals surface area contributed by atoms with E-state index in [1.807, 2.05) is 6.07 Å². The average Bonchev–Trinajstić information content (AvgIpc) is 3.09. The molecular formula is C19H17N5O4S. The van der Waals surface area contributed by atoms with Crippen molar-refractivity contribution in [3.8, 4) is 11.5 Å². The molecule has 9 nitrogen and oxygen atoms in total. The molecule has 10 heteroatoms. The van der Waals surface area contributed by atoms with Crippen LogP contribution in [0.25, 0.3) is 22.4 Å². The molecule has 4 rings (SSSR count). The van der Waals surface area contributed by atoms with E-state index in [4.69, 9.17) is 10.9 Å². The van der Waals surface area contributed by atoms with Crippen molar-refractivity contribution in [1.29, 1.82) is 0 Å². The first kappa shape index (κ1) is 20.0. The summed E-state index contributed by atoms with van der Waals surface area (Å²) in [5.41, 5.74) is 1.50. The maximum absolute atomic E-state index is 11.2. The number of carboxylic acid groups (broad SMARTS) is 1. The lowest BCUT2D eigenvalue weighted by atomic mass is 10.2. The zero-order chi connectivity index (χ0) is 21.0. The Kier molecular flexibility index (Phi) is 5.55. The summed E-state index contributed by atoms with van der Waals surface area (Å²) in [5.74, 6) is 4.98. The first-order valence-corrected chi connectivity index (χ1v) is 10.2. The van der Waals surface area contributed by atoms with Crippen LogP contribution in [-0.4, -0.2) is 45.4 Å². The Bertz CT molecular complexity index is 1250. The molecule has 0 aliphatic heterocycles. The predicted octanol–water partition coefficient (Wildman–Crippen LogP) is 2.00. The third kappa shape index (κ3) is 4.74. The maximum atomic E-state index is 11.2.